The smallest absolute Gasteiger partial charge is 0.258 e. The van der Waals surface area contributed by atoms with Crippen molar-refractivity contribution in [2.75, 3.05) is 31.1 Å². The lowest BCUT2D eigenvalue weighted by atomic mass is 9.67. The van der Waals surface area contributed by atoms with Crippen molar-refractivity contribution >= 4 is 52.5 Å². The Bertz CT molecular complexity index is 1280. The van der Waals surface area contributed by atoms with Crippen LogP contribution in [0.5, 0.6) is 0 Å². The van der Waals surface area contributed by atoms with E-state index in [1.54, 1.807) is 18.3 Å². The van der Waals surface area contributed by atoms with Crippen LogP contribution in [0.25, 0.3) is 6.08 Å². The summed E-state index contributed by atoms with van der Waals surface area (Å²) < 4.78 is 0. The van der Waals surface area contributed by atoms with Gasteiger partial charge >= 0.3 is 0 Å². The molecule has 0 radical (unpaired) electrons. The number of likely N-dealkylation sites (tertiary alicyclic amines) is 1. The molecule has 1 amide bonds. The maximum absolute atomic E-state index is 13.5. The van der Waals surface area contributed by atoms with E-state index in [-0.39, 0.29) is 11.3 Å². The fourth-order valence-electron chi connectivity index (χ4n) is 5.44. The minimum atomic E-state index is -0.136. The molecule has 0 unspecified atom stereocenters. The van der Waals surface area contributed by atoms with Gasteiger partial charge in [0.1, 0.15) is 5.15 Å². The zero-order valence-corrected chi connectivity index (χ0v) is 21.7. The fourth-order valence-corrected chi connectivity index (χ4v) is 5.91. The van der Waals surface area contributed by atoms with Crippen LogP contribution in [-0.4, -0.2) is 42.0 Å². The number of benzene rings is 2. The molecule has 0 aliphatic carbocycles. The first-order chi connectivity index (χ1) is 16.9. The first-order valence-electron chi connectivity index (χ1n) is 11.7. The molecule has 3 aromatic rings. The largest absolute Gasteiger partial charge is 0.307 e. The van der Waals surface area contributed by atoms with Gasteiger partial charge in [0.15, 0.2) is 0 Å². The van der Waals surface area contributed by atoms with Crippen LogP contribution in [0.2, 0.25) is 15.2 Å². The van der Waals surface area contributed by atoms with E-state index in [0.29, 0.717) is 28.2 Å². The summed E-state index contributed by atoms with van der Waals surface area (Å²) in [6.45, 7) is 5.70. The molecule has 4 nitrogen and oxygen atoms in total. The van der Waals surface area contributed by atoms with Gasteiger partial charge in [-0.1, -0.05) is 66.0 Å². The van der Waals surface area contributed by atoms with Gasteiger partial charge in [-0.25, -0.2) is 4.98 Å². The Hall–Kier alpha value is -2.37. The maximum Gasteiger partial charge on any atom is 0.258 e. The lowest BCUT2D eigenvalue weighted by Gasteiger charge is -2.45. The molecule has 180 valence electrons. The summed E-state index contributed by atoms with van der Waals surface area (Å²) in [6, 6.07) is 17.1. The van der Waals surface area contributed by atoms with Crippen molar-refractivity contribution in [3.8, 4) is 0 Å². The molecule has 5 rings (SSSR count). The molecule has 2 aromatic carbocycles. The number of anilines is 1. The molecular weight excluding hydrogens is 501 g/mol. The van der Waals surface area contributed by atoms with Gasteiger partial charge in [-0.15, -0.1) is 0 Å². The van der Waals surface area contributed by atoms with E-state index in [1.807, 2.05) is 41.3 Å². The number of fused-ring (bicyclic) bond motifs is 2. The van der Waals surface area contributed by atoms with Crippen LogP contribution in [-0.2, 0) is 5.41 Å². The number of halogens is 3. The molecule has 1 fully saturated rings. The third kappa shape index (κ3) is 4.85. The Kier molecular flexibility index (Phi) is 6.91. The van der Waals surface area contributed by atoms with Crippen LogP contribution < -0.4 is 4.90 Å². The Morgan fingerprint density at radius 1 is 1.09 bits per heavy atom. The molecular formula is C28H26Cl3N3O. The van der Waals surface area contributed by atoms with Crippen LogP contribution in [0.15, 0.2) is 66.9 Å². The normalized spacial score (nSPS) is 22.2. The van der Waals surface area contributed by atoms with E-state index in [1.165, 1.54) is 5.56 Å². The number of rotatable bonds is 4. The van der Waals surface area contributed by atoms with E-state index < -0.39 is 0 Å². The zero-order valence-electron chi connectivity index (χ0n) is 19.4. The van der Waals surface area contributed by atoms with Crippen LogP contribution >= 0.6 is 34.8 Å². The monoisotopic (exact) mass is 525 g/mol. The second-order valence-corrected chi connectivity index (χ2v) is 10.7. The number of pyridine rings is 1. The summed E-state index contributed by atoms with van der Waals surface area (Å²) >= 11 is 18.5. The van der Waals surface area contributed by atoms with Crippen molar-refractivity contribution in [1.82, 2.24) is 9.88 Å². The van der Waals surface area contributed by atoms with Crippen molar-refractivity contribution in [3.05, 3.63) is 98.8 Å². The van der Waals surface area contributed by atoms with Crippen molar-refractivity contribution in [1.29, 1.82) is 0 Å². The Labute approximate surface area is 221 Å². The van der Waals surface area contributed by atoms with Gasteiger partial charge in [0.2, 0.25) is 0 Å². The van der Waals surface area contributed by atoms with Gasteiger partial charge in [0, 0.05) is 52.5 Å². The van der Waals surface area contributed by atoms with Crippen molar-refractivity contribution in [2.45, 2.75) is 18.8 Å². The van der Waals surface area contributed by atoms with Gasteiger partial charge < -0.3 is 4.90 Å². The number of nitrogens with zero attached hydrogens (tertiary/aromatic N) is 3. The molecule has 1 aromatic heterocycles. The average molecular weight is 527 g/mol. The van der Waals surface area contributed by atoms with Gasteiger partial charge in [0.05, 0.1) is 0 Å². The Morgan fingerprint density at radius 3 is 2.60 bits per heavy atom. The molecule has 7 heteroatoms. The van der Waals surface area contributed by atoms with E-state index in [0.717, 1.165) is 42.3 Å². The molecule has 0 N–H and O–H groups in total. The molecule has 3 heterocycles. The first kappa shape index (κ1) is 24.3. The highest BCUT2D eigenvalue weighted by Gasteiger charge is 2.50. The molecule has 35 heavy (non-hydrogen) atoms. The first-order valence-corrected chi connectivity index (χ1v) is 12.9. The third-order valence-corrected chi connectivity index (χ3v) is 8.03. The third-order valence-electron chi connectivity index (χ3n) is 7.34. The molecule has 1 spiro atoms. The average Bonchev–Trinajstić information content (AvgIpc) is 3.16. The predicted molar refractivity (Wildman–Crippen MR) is 145 cm³/mol. The van der Waals surface area contributed by atoms with Crippen molar-refractivity contribution in [3.63, 3.8) is 0 Å². The summed E-state index contributed by atoms with van der Waals surface area (Å²) in [4.78, 5) is 21.9. The molecule has 0 saturated carbocycles. The lowest BCUT2D eigenvalue weighted by molar-refractivity contribution is 0.0948. The van der Waals surface area contributed by atoms with Crippen LogP contribution in [0.4, 0.5) is 5.69 Å². The Balaban J connectivity index is 1.35. The zero-order chi connectivity index (χ0) is 24.6. The molecule has 0 bridgehead atoms. The van der Waals surface area contributed by atoms with E-state index >= 15 is 0 Å². The molecule has 1 saturated heterocycles. The number of piperidine rings is 1. The number of carbonyl (C=O) groups excluding carboxylic acids is 1. The second-order valence-electron chi connectivity index (χ2n) is 9.44. The number of carbonyl (C=O) groups is 1. The fraction of sp³-hybridized carbons (Fsp3) is 0.286. The van der Waals surface area contributed by atoms with E-state index in [4.69, 9.17) is 34.8 Å². The van der Waals surface area contributed by atoms with Crippen molar-refractivity contribution < 1.29 is 4.79 Å². The van der Waals surface area contributed by atoms with Crippen LogP contribution in [0, 0.1) is 5.92 Å². The highest BCUT2D eigenvalue weighted by atomic mass is 35.5. The predicted octanol–water partition coefficient (Wildman–Crippen LogP) is 7.00. The molecule has 2 aliphatic rings. The van der Waals surface area contributed by atoms with Gasteiger partial charge in [-0.3, -0.25) is 9.69 Å². The SMILES string of the molecule is C[C@@H]1CN(C/C=C/c2ccc(Cl)cc2)CC[C@]12CN(C(=O)c1ccnc(Cl)c1)c1ccc(Cl)cc12. The summed E-state index contributed by atoms with van der Waals surface area (Å²) in [6.07, 6.45) is 6.87. The maximum atomic E-state index is 13.5. The van der Waals surface area contributed by atoms with Crippen LogP contribution in [0.1, 0.15) is 34.8 Å². The lowest BCUT2D eigenvalue weighted by Crippen LogP contribution is -2.51. The standard InChI is InChI=1S/C28H26Cl3N3O/c1-19-17-33(13-2-3-20-4-6-22(29)7-5-20)14-11-28(19)18-34(25-9-8-23(30)16-24(25)28)27(35)21-10-12-32-26(31)15-21/h2-10,12,15-16,19H,11,13-14,17-18H2,1H3/b3-2+/t19-,28+/m1/s1. The quantitative estimate of drug-likeness (QED) is 0.344. The van der Waals surface area contributed by atoms with Crippen LogP contribution in [0.3, 0.4) is 0 Å². The second kappa shape index (κ2) is 9.94. The van der Waals surface area contributed by atoms with E-state index in [9.17, 15) is 4.79 Å². The van der Waals surface area contributed by atoms with Gasteiger partial charge in [-0.05, 0) is 72.5 Å². The van der Waals surface area contributed by atoms with Gasteiger partial charge in [-0.2, -0.15) is 0 Å². The highest BCUT2D eigenvalue weighted by Crippen LogP contribution is 2.50. The number of hydrogen-bond donors (Lipinski definition) is 0. The Morgan fingerprint density at radius 2 is 1.86 bits per heavy atom. The number of hydrogen-bond acceptors (Lipinski definition) is 3. The highest BCUT2D eigenvalue weighted by molar-refractivity contribution is 6.31. The summed E-state index contributed by atoms with van der Waals surface area (Å²) in [7, 11) is 0. The summed E-state index contributed by atoms with van der Waals surface area (Å²) in [5.41, 5.74) is 3.65. The molecule has 2 atom stereocenters. The molecule has 2 aliphatic heterocycles. The summed E-state index contributed by atoms with van der Waals surface area (Å²) in [5, 5.41) is 1.76. The minimum absolute atomic E-state index is 0.0599. The van der Waals surface area contributed by atoms with E-state index in [2.05, 4.69) is 35.0 Å². The number of amides is 1. The topological polar surface area (TPSA) is 36.4 Å². The van der Waals surface area contributed by atoms with Crippen molar-refractivity contribution in [2.24, 2.45) is 5.92 Å². The van der Waals surface area contributed by atoms with Gasteiger partial charge in [0.25, 0.3) is 5.91 Å². The number of aromatic nitrogens is 1. The minimum Gasteiger partial charge on any atom is -0.307 e. The summed E-state index contributed by atoms with van der Waals surface area (Å²) in [5.74, 6) is 0.284.